The van der Waals surface area contributed by atoms with Gasteiger partial charge in [-0.15, -0.1) is 11.3 Å². The van der Waals surface area contributed by atoms with Crippen LogP contribution in [0.15, 0.2) is 29.1 Å². The lowest BCUT2D eigenvalue weighted by Crippen LogP contribution is -2.54. The molecule has 4 heterocycles. The second-order valence-electron chi connectivity index (χ2n) is 7.52. The zero-order valence-electron chi connectivity index (χ0n) is 15.5. The van der Waals surface area contributed by atoms with Crippen LogP contribution in [0.3, 0.4) is 0 Å². The maximum atomic E-state index is 12.3. The van der Waals surface area contributed by atoms with Crippen molar-refractivity contribution in [2.45, 2.75) is 44.9 Å². The van der Waals surface area contributed by atoms with Gasteiger partial charge in [-0.05, 0) is 38.0 Å². The Morgan fingerprint density at radius 1 is 1.50 bits per heavy atom. The van der Waals surface area contributed by atoms with Gasteiger partial charge in [0.15, 0.2) is 0 Å². The highest BCUT2D eigenvalue weighted by Gasteiger charge is 2.43. The molecule has 2 aliphatic rings. The molecule has 1 saturated heterocycles. The van der Waals surface area contributed by atoms with Crippen molar-refractivity contribution >= 4 is 34.4 Å². The quantitative estimate of drug-likeness (QED) is 0.792. The molecular formula is C20H19N3O4S. The number of fused-ring (bicyclic) bond motifs is 2. The summed E-state index contributed by atoms with van der Waals surface area (Å²) >= 11 is 1.34. The van der Waals surface area contributed by atoms with E-state index in [0.29, 0.717) is 30.0 Å². The molecule has 4 rings (SSSR count). The number of hydrogen-bond acceptors (Lipinski definition) is 6. The smallest absolute Gasteiger partial charge is 0.410 e. The number of anilines is 1. The van der Waals surface area contributed by atoms with Crippen LogP contribution in [-0.2, 0) is 22.5 Å². The van der Waals surface area contributed by atoms with E-state index in [1.54, 1.807) is 17.0 Å². The Kier molecular flexibility index (Phi) is 4.47. The number of amides is 2. The summed E-state index contributed by atoms with van der Waals surface area (Å²) in [6, 6.07) is 3.96. The van der Waals surface area contributed by atoms with E-state index < -0.39 is 5.60 Å². The molecule has 2 amide bonds. The van der Waals surface area contributed by atoms with E-state index in [4.69, 9.17) is 9.15 Å². The van der Waals surface area contributed by atoms with Crippen molar-refractivity contribution in [2.75, 3.05) is 5.32 Å². The summed E-state index contributed by atoms with van der Waals surface area (Å²) in [4.78, 5) is 27.2. The first-order chi connectivity index (χ1) is 13.4. The first kappa shape index (κ1) is 18.3. The molecule has 144 valence electrons. The van der Waals surface area contributed by atoms with Crippen LogP contribution in [0, 0.1) is 11.3 Å². The molecule has 1 atom stereocenters. The molecule has 1 N–H and O–H groups in total. The lowest BCUT2D eigenvalue weighted by Gasteiger charge is -2.44. The largest absolute Gasteiger partial charge is 0.472 e. The van der Waals surface area contributed by atoms with Crippen LogP contribution in [0.4, 0.5) is 9.80 Å². The zero-order chi connectivity index (χ0) is 19.9. The monoisotopic (exact) mass is 397 g/mol. The molecule has 2 aromatic heterocycles. The van der Waals surface area contributed by atoms with Crippen LogP contribution in [0.1, 0.15) is 41.8 Å². The number of rotatable bonds is 3. The molecule has 1 fully saturated rings. The van der Waals surface area contributed by atoms with E-state index in [-0.39, 0.29) is 18.0 Å². The Morgan fingerprint density at radius 2 is 2.32 bits per heavy atom. The second-order valence-corrected chi connectivity index (χ2v) is 8.62. The van der Waals surface area contributed by atoms with Crippen LogP contribution < -0.4 is 5.32 Å². The highest BCUT2D eigenvalue weighted by molar-refractivity contribution is 7.16. The average molecular weight is 397 g/mol. The normalized spacial score (nSPS) is 20.2. The summed E-state index contributed by atoms with van der Waals surface area (Å²) < 4.78 is 10.5. The number of cyclic esters (lactones) is 1. The number of thiophene rings is 1. The summed E-state index contributed by atoms with van der Waals surface area (Å²) in [6.45, 7) is 4.19. The predicted molar refractivity (Wildman–Crippen MR) is 104 cm³/mol. The van der Waals surface area contributed by atoms with E-state index in [1.807, 2.05) is 13.8 Å². The van der Waals surface area contributed by atoms with Gasteiger partial charge in [-0.2, -0.15) is 5.26 Å². The molecule has 0 bridgehead atoms. The van der Waals surface area contributed by atoms with Crippen LogP contribution in [0.25, 0.3) is 6.08 Å². The fourth-order valence-corrected chi connectivity index (χ4v) is 4.87. The van der Waals surface area contributed by atoms with Crippen LogP contribution >= 0.6 is 11.3 Å². The Morgan fingerprint density at radius 3 is 3.04 bits per heavy atom. The number of nitrogens with zero attached hydrogens (tertiary/aromatic N) is 2. The van der Waals surface area contributed by atoms with E-state index in [1.165, 1.54) is 29.9 Å². The minimum absolute atomic E-state index is 0.00464. The Balaban J connectivity index is 1.57. The summed E-state index contributed by atoms with van der Waals surface area (Å²) in [5.41, 5.74) is 1.67. The molecule has 0 radical (unpaired) electrons. The number of carbonyl (C=O) groups is 2. The third-order valence-corrected chi connectivity index (χ3v) is 6.06. The van der Waals surface area contributed by atoms with Gasteiger partial charge in [0.2, 0.25) is 5.91 Å². The fraction of sp³-hybridized carbons (Fsp3) is 0.350. The molecule has 2 aliphatic heterocycles. The van der Waals surface area contributed by atoms with E-state index in [2.05, 4.69) is 11.4 Å². The SMILES string of the molecule is CC1(C)CC2Cc3c(sc(NC(=O)C=Cc4ccoc4)c3C#N)CN2C(=O)O1. The maximum absolute atomic E-state index is 12.3. The van der Waals surface area contributed by atoms with Gasteiger partial charge in [0.25, 0.3) is 0 Å². The first-order valence-electron chi connectivity index (χ1n) is 8.92. The Labute approximate surface area is 166 Å². The highest BCUT2D eigenvalue weighted by Crippen LogP contribution is 2.42. The van der Waals surface area contributed by atoms with Gasteiger partial charge in [0.05, 0.1) is 24.6 Å². The van der Waals surface area contributed by atoms with Crippen LogP contribution in [0.5, 0.6) is 0 Å². The van der Waals surface area contributed by atoms with E-state index >= 15 is 0 Å². The van der Waals surface area contributed by atoms with Crippen molar-refractivity contribution in [3.63, 3.8) is 0 Å². The summed E-state index contributed by atoms with van der Waals surface area (Å²) in [6.07, 6.45) is 7.06. The molecule has 0 aromatic carbocycles. The number of nitriles is 1. The lowest BCUT2D eigenvalue weighted by molar-refractivity contribution is -0.111. The summed E-state index contributed by atoms with van der Waals surface area (Å²) in [5.74, 6) is -0.324. The number of nitrogens with one attached hydrogen (secondary N) is 1. The predicted octanol–water partition coefficient (Wildman–Crippen LogP) is 3.91. The molecule has 0 saturated carbocycles. The summed E-state index contributed by atoms with van der Waals surface area (Å²) in [7, 11) is 0. The third kappa shape index (κ3) is 3.41. The molecule has 7 nitrogen and oxygen atoms in total. The van der Waals surface area contributed by atoms with Gasteiger partial charge < -0.3 is 14.5 Å². The van der Waals surface area contributed by atoms with Gasteiger partial charge in [-0.3, -0.25) is 9.69 Å². The van der Waals surface area contributed by atoms with E-state index in [9.17, 15) is 14.9 Å². The molecule has 28 heavy (non-hydrogen) atoms. The minimum Gasteiger partial charge on any atom is -0.472 e. The van der Waals surface area contributed by atoms with Crippen molar-refractivity contribution in [1.82, 2.24) is 4.90 Å². The summed E-state index contributed by atoms with van der Waals surface area (Å²) in [5, 5.41) is 13.0. The standard InChI is InChI=1S/C20H19N3O4S/c1-20(2)8-13-7-14-15(9-21)18(28-16(14)10-23(13)19(25)27-20)22-17(24)4-3-12-5-6-26-11-12/h3-6,11,13H,7-8,10H2,1-2H3,(H,22,24). The zero-order valence-corrected chi connectivity index (χ0v) is 16.3. The molecule has 8 heteroatoms. The van der Waals surface area contributed by atoms with Gasteiger partial charge in [0.1, 0.15) is 16.7 Å². The maximum Gasteiger partial charge on any atom is 0.410 e. The van der Waals surface area contributed by atoms with Gasteiger partial charge in [-0.25, -0.2) is 4.79 Å². The average Bonchev–Trinajstić information content (AvgIpc) is 3.24. The number of hydrogen-bond donors (Lipinski definition) is 1. The van der Waals surface area contributed by atoms with Crippen molar-refractivity contribution in [1.29, 1.82) is 5.26 Å². The number of ether oxygens (including phenoxy) is 1. The Bertz CT molecular complexity index is 998. The van der Waals surface area contributed by atoms with Gasteiger partial charge in [0, 0.05) is 29.0 Å². The Hall–Kier alpha value is -3.05. The number of furan rings is 1. The third-order valence-electron chi connectivity index (χ3n) is 4.93. The van der Waals surface area contributed by atoms with Crippen molar-refractivity contribution in [2.24, 2.45) is 0 Å². The van der Waals surface area contributed by atoms with Crippen LogP contribution in [0.2, 0.25) is 0 Å². The molecule has 2 aromatic rings. The second kappa shape index (κ2) is 6.84. The van der Waals surface area contributed by atoms with Crippen molar-refractivity contribution in [3.05, 3.63) is 46.2 Å². The molecule has 1 unspecified atom stereocenters. The topological polar surface area (TPSA) is 95.6 Å². The van der Waals surface area contributed by atoms with E-state index in [0.717, 1.165) is 16.0 Å². The highest BCUT2D eigenvalue weighted by atomic mass is 32.1. The van der Waals surface area contributed by atoms with Crippen molar-refractivity contribution < 1.29 is 18.7 Å². The number of carbonyl (C=O) groups excluding carboxylic acids is 2. The van der Waals surface area contributed by atoms with Crippen molar-refractivity contribution in [3.8, 4) is 6.07 Å². The fourth-order valence-electron chi connectivity index (χ4n) is 3.69. The molecular weight excluding hydrogens is 378 g/mol. The van der Waals surface area contributed by atoms with Gasteiger partial charge >= 0.3 is 6.09 Å². The first-order valence-corrected chi connectivity index (χ1v) is 9.73. The molecule has 0 spiro atoms. The molecule has 0 aliphatic carbocycles. The minimum atomic E-state index is -0.520. The van der Waals surface area contributed by atoms with Gasteiger partial charge in [-0.1, -0.05) is 0 Å². The van der Waals surface area contributed by atoms with Crippen LogP contribution in [-0.4, -0.2) is 28.5 Å². The lowest BCUT2D eigenvalue weighted by atomic mass is 9.88.